The molecule has 0 aliphatic carbocycles. The molecule has 0 amide bonds. The lowest BCUT2D eigenvalue weighted by atomic mass is 10.3. The van der Waals surface area contributed by atoms with Crippen molar-refractivity contribution >= 4 is 43.8 Å². The van der Waals surface area contributed by atoms with Crippen LogP contribution >= 0.6 is 11.3 Å². The van der Waals surface area contributed by atoms with E-state index in [0.29, 0.717) is 10.2 Å². The quantitative estimate of drug-likeness (QED) is 0.693. The van der Waals surface area contributed by atoms with Crippen LogP contribution in [0.2, 0.25) is 0 Å². The van der Waals surface area contributed by atoms with Crippen molar-refractivity contribution in [1.82, 2.24) is 19.5 Å². The van der Waals surface area contributed by atoms with Crippen molar-refractivity contribution in [1.29, 1.82) is 0 Å². The van der Waals surface area contributed by atoms with E-state index in [-0.39, 0.29) is 5.56 Å². The fourth-order valence-corrected chi connectivity index (χ4v) is 3.09. The van der Waals surface area contributed by atoms with E-state index in [1.807, 2.05) is 19.0 Å². The van der Waals surface area contributed by atoms with E-state index < -0.39 is 0 Å². The number of hydrogen-bond donors (Lipinski definition) is 0. The monoisotopic (exact) mass is 299 g/mol. The van der Waals surface area contributed by atoms with E-state index in [1.54, 1.807) is 18.4 Å². The molecular weight excluding hydrogens is 286 g/mol. The van der Waals surface area contributed by atoms with E-state index in [1.165, 1.54) is 28.6 Å². The zero-order valence-electron chi connectivity index (χ0n) is 11.6. The largest absolute Gasteiger partial charge is 0.362 e. The molecule has 7 heteroatoms. The first kappa shape index (κ1) is 13.4. The van der Waals surface area contributed by atoms with Gasteiger partial charge in [-0.25, -0.2) is 15.0 Å². The molecule has 0 saturated carbocycles. The van der Waals surface area contributed by atoms with E-state index in [0.717, 1.165) is 16.0 Å². The Morgan fingerprint density at radius 2 is 2.14 bits per heavy atom. The number of fused-ring (bicyclic) bond motifs is 3. The van der Waals surface area contributed by atoms with Gasteiger partial charge in [-0.1, -0.05) is 12.7 Å². The van der Waals surface area contributed by atoms with Crippen LogP contribution in [0.25, 0.3) is 26.6 Å². The summed E-state index contributed by atoms with van der Waals surface area (Å²) in [5.74, 6) is 0.762. The lowest BCUT2D eigenvalue weighted by Gasteiger charge is -2.11. The zero-order chi connectivity index (χ0) is 15.0. The van der Waals surface area contributed by atoms with Crippen molar-refractivity contribution in [2.45, 2.75) is 0 Å². The molecule has 0 atom stereocenters. The van der Waals surface area contributed by atoms with Gasteiger partial charge in [0.2, 0.25) is 0 Å². The summed E-state index contributed by atoms with van der Waals surface area (Å²) in [5, 5.41) is 0.819. The van der Waals surface area contributed by atoms with Crippen molar-refractivity contribution in [3.63, 3.8) is 0 Å². The Morgan fingerprint density at radius 1 is 1.33 bits per heavy atom. The van der Waals surface area contributed by atoms with E-state index in [4.69, 9.17) is 0 Å². The van der Waals surface area contributed by atoms with Crippen LogP contribution in [0.4, 0.5) is 5.82 Å². The summed E-state index contributed by atoms with van der Waals surface area (Å²) in [5.41, 5.74) is 0.526. The summed E-state index contributed by atoms with van der Waals surface area (Å²) in [7, 11) is 3.80. The number of nitrogens with zero attached hydrogens (tertiary/aromatic N) is 5. The highest BCUT2D eigenvalue weighted by Crippen LogP contribution is 2.33. The molecule has 0 fully saturated rings. The summed E-state index contributed by atoms with van der Waals surface area (Å²) >= 11 is 1.33. The van der Waals surface area contributed by atoms with Crippen LogP contribution in [0.5, 0.6) is 0 Å². The third kappa shape index (κ3) is 2.11. The molecule has 3 rings (SSSR count). The van der Waals surface area contributed by atoms with Gasteiger partial charge < -0.3 is 4.90 Å². The van der Waals surface area contributed by atoms with Crippen LogP contribution in [-0.2, 0) is 0 Å². The molecule has 0 spiro atoms. The molecule has 3 aromatic heterocycles. The summed E-state index contributed by atoms with van der Waals surface area (Å²) in [6.07, 6.45) is 7.93. The lowest BCUT2D eigenvalue weighted by Crippen LogP contribution is -2.15. The van der Waals surface area contributed by atoms with Gasteiger partial charge in [0, 0.05) is 20.3 Å². The van der Waals surface area contributed by atoms with Crippen LogP contribution in [0.3, 0.4) is 0 Å². The van der Waals surface area contributed by atoms with Crippen molar-refractivity contribution in [2.24, 2.45) is 0 Å². The average molecular weight is 299 g/mol. The molecule has 0 unspecified atom stereocenters. The predicted molar refractivity (Wildman–Crippen MR) is 86.8 cm³/mol. The zero-order valence-corrected chi connectivity index (χ0v) is 12.5. The fourth-order valence-electron chi connectivity index (χ4n) is 2.06. The molecule has 0 radical (unpaired) electrons. The predicted octanol–water partition coefficient (Wildman–Crippen LogP) is 2.12. The number of thiophene rings is 1. The van der Waals surface area contributed by atoms with E-state index in [2.05, 4.69) is 21.5 Å². The number of allylic oxidation sites excluding steroid dienone is 2. The van der Waals surface area contributed by atoms with Crippen molar-refractivity contribution < 1.29 is 0 Å². The van der Waals surface area contributed by atoms with Crippen LogP contribution in [0, 0.1) is 0 Å². The smallest absolute Gasteiger partial charge is 0.275 e. The molecule has 0 aliphatic heterocycles. The third-order valence-electron chi connectivity index (χ3n) is 2.99. The Morgan fingerprint density at radius 3 is 2.86 bits per heavy atom. The Hall–Kier alpha value is -2.54. The Balaban J connectivity index is 2.40. The molecule has 0 saturated heterocycles. The number of rotatable bonds is 3. The molecule has 0 bridgehead atoms. The first-order valence-corrected chi connectivity index (χ1v) is 7.06. The first-order valence-electron chi connectivity index (χ1n) is 6.24. The fraction of sp³-hybridized carbons (Fsp3) is 0.143. The Bertz CT molecular complexity index is 922. The second-order valence-corrected chi connectivity index (χ2v) is 5.58. The number of aromatic nitrogens is 4. The molecule has 106 valence electrons. The SMILES string of the molecule is C=C/C=C/n1cnc2c(sc3ncnc(N(C)C)c32)c1=O. The van der Waals surface area contributed by atoms with Crippen LogP contribution in [-0.4, -0.2) is 33.6 Å². The lowest BCUT2D eigenvalue weighted by molar-refractivity contribution is 1.03. The highest BCUT2D eigenvalue weighted by atomic mass is 32.1. The second kappa shape index (κ2) is 5.10. The topological polar surface area (TPSA) is 63.9 Å². The summed E-state index contributed by atoms with van der Waals surface area (Å²) in [4.78, 5) is 28.1. The van der Waals surface area contributed by atoms with Gasteiger partial charge in [-0.15, -0.1) is 11.3 Å². The standard InChI is InChI=1S/C14H13N5OS/c1-4-5-6-19-8-17-10-9-12(18(2)3)15-7-16-13(9)21-11(10)14(19)20/h4-8H,1H2,2-3H3/b6-5+. The van der Waals surface area contributed by atoms with Gasteiger partial charge in [0.15, 0.2) is 0 Å². The molecule has 0 N–H and O–H groups in total. The number of anilines is 1. The Labute approximate surface area is 124 Å². The molecule has 6 nitrogen and oxygen atoms in total. The minimum atomic E-state index is -0.120. The minimum Gasteiger partial charge on any atom is -0.362 e. The maximum absolute atomic E-state index is 12.5. The highest BCUT2D eigenvalue weighted by Gasteiger charge is 2.16. The number of hydrogen-bond acceptors (Lipinski definition) is 6. The molecular formula is C14H13N5OS. The molecule has 21 heavy (non-hydrogen) atoms. The van der Waals surface area contributed by atoms with Crippen LogP contribution in [0.1, 0.15) is 0 Å². The maximum Gasteiger partial charge on any atom is 0.275 e. The van der Waals surface area contributed by atoms with Crippen molar-refractivity contribution in [3.8, 4) is 0 Å². The summed E-state index contributed by atoms with van der Waals surface area (Å²) in [6, 6.07) is 0. The highest BCUT2D eigenvalue weighted by molar-refractivity contribution is 7.25. The molecule has 3 aromatic rings. The van der Waals surface area contributed by atoms with Crippen LogP contribution < -0.4 is 10.5 Å². The maximum atomic E-state index is 12.5. The minimum absolute atomic E-state index is 0.120. The van der Waals surface area contributed by atoms with Gasteiger partial charge in [0.25, 0.3) is 5.56 Å². The first-order chi connectivity index (χ1) is 10.1. The van der Waals surface area contributed by atoms with Gasteiger partial charge in [-0.3, -0.25) is 9.36 Å². The van der Waals surface area contributed by atoms with E-state index in [9.17, 15) is 4.79 Å². The summed E-state index contributed by atoms with van der Waals surface area (Å²) in [6.45, 7) is 3.59. The average Bonchev–Trinajstić information content (AvgIpc) is 2.86. The van der Waals surface area contributed by atoms with E-state index >= 15 is 0 Å². The molecule has 0 aromatic carbocycles. The third-order valence-corrected chi connectivity index (χ3v) is 4.06. The van der Waals surface area contributed by atoms with Crippen molar-refractivity contribution in [3.05, 3.63) is 41.7 Å². The van der Waals surface area contributed by atoms with Crippen molar-refractivity contribution in [2.75, 3.05) is 19.0 Å². The summed E-state index contributed by atoms with van der Waals surface area (Å²) < 4.78 is 2.01. The Kier molecular flexibility index (Phi) is 3.26. The van der Waals surface area contributed by atoms with Gasteiger partial charge >= 0.3 is 0 Å². The van der Waals surface area contributed by atoms with Crippen LogP contribution in [0.15, 0.2) is 36.2 Å². The second-order valence-electron chi connectivity index (χ2n) is 4.59. The van der Waals surface area contributed by atoms with Gasteiger partial charge in [-0.05, 0) is 6.08 Å². The van der Waals surface area contributed by atoms with Gasteiger partial charge in [0.1, 0.15) is 33.5 Å². The van der Waals surface area contributed by atoms with Gasteiger partial charge in [-0.2, -0.15) is 0 Å². The molecule has 0 aliphatic rings. The normalized spacial score (nSPS) is 11.5. The van der Waals surface area contributed by atoms with Gasteiger partial charge in [0.05, 0.1) is 5.39 Å². The molecule has 3 heterocycles.